The molecule has 32 heavy (non-hydrogen) atoms. The Labute approximate surface area is 192 Å². The van der Waals surface area contributed by atoms with Crippen molar-refractivity contribution < 1.29 is 12.4 Å². The lowest BCUT2D eigenvalue weighted by molar-refractivity contribution is 0.509. The maximum Gasteiger partial charge on any atom is 0.274 e. The van der Waals surface area contributed by atoms with Crippen molar-refractivity contribution in [2.75, 3.05) is 6.16 Å². The van der Waals surface area contributed by atoms with Crippen LogP contribution in [0.3, 0.4) is 0 Å². The summed E-state index contributed by atoms with van der Waals surface area (Å²) < 4.78 is 30.9. The van der Waals surface area contributed by atoms with Crippen LogP contribution in [0.15, 0.2) is 121 Å². The summed E-state index contributed by atoms with van der Waals surface area (Å²) in [6.45, 7) is 0. The van der Waals surface area contributed by atoms with E-state index in [1.54, 1.807) is 12.1 Å². The fraction of sp³-hybridized carbons (Fsp3) is 0.111. The Bertz CT molecular complexity index is 1120. The highest BCUT2D eigenvalue weighted by molar-refractivity contribution is 7.88. The summed E-state index contributed by atoms with van der Waals surface area (Å²) in [5, 5.41) is 0. The van der Waals surface area contributed by atoms with Gasteiger partial charge in [-0.15, -0.1) is 0 Å². The summed E-state index contributed by atoms with van der Waals surface area (Å²) in [6.07, 6.45) is 0.513. The lowest BCUT2D eigenvalue weighted by atomic mass is 9.71. The highest BCUT2D eigenvalue weighted by Crippen LogP contribution is 2.44. The fourth-order valence-electron chi connectivity index (χ4n) is 4.01. The molecule has 4 aromatic rings. The zero-order valence-corrected chi connectivity index (χ0v) is 19.4. The van der Waals surface area contributed by atoms with Gasteiger partial charge in [0.05, 0.1) is 5.41 Å². The maximum absolute atomic E-state index is 12.7. The average Bonchev–Trinajstić information content (AvgIpc) is 2.84. The van der Waals surface area contributed by atoms with E-state index in [9.17, 15) is 8.42 Å². The molecule has 0 aliphatic carbocycles. The van der Waals surface area contributed by atoms with Crippen molar-refractivity contribution in [2.45, 2.75) is 11.2 Å². The number of hydrogen-bond acceptors (Lipinski definition) is 3. The Kier molecular flexibility index (Phi) is 7.16. The third-order valence-electron chi connectivity index (χ3n) is 5.51. The normalized spacial score (nSPS) is 12.2. The summed E-state index contributed by atoms with van der Waals surface area (Å²) in [5.74, 6) is -0.129. The highest BCUT2D eigenvalue weighted by Gasteiger charge is 2.36. The van der Waals surface area contributed by atoms with E-state index < -0.39 is 15.5 Å². The average molecular weight is 461 g/mol. The van der Waals surface area contributed by atoms with Crippen LogP contribution >= 0.6 is 8.81 Å². The van der Waals surface area contributed by atoms with Gasteiger partial charge in [0, 0.05) is 15.0 Å². The van der Waals surface area contributed by atoms with Gasteiger partial charge in [-0.25, -0.2) is 0 Å². The predicted octanol–water partition coefficient (Wildman–Crippen LogP) is 6.16. The molecule has 3 nitrogen and oxygen atoms in total. The van der Waals surface area contributed by atoms with Gasteiger partial charge < -0.3 is 0 Å². The minimum Gasteiger partial charge on any atom is -0.251 e. The van der Waals surface area contributed by atoms with Gasteiger partial charge in [0.25, 0.3) is 10.1 Å². The van der Waals surface area contributed by atoms with E-state index in [-0.39, 0.29) is 14.6 Å². The zero-order chi connectivity index (χ0) is 22.3. The Hall–Kier alpha value is -2.78. The number of hydrogen-bond donors (Lipinski definition) is 0. The van der Waals surface area contributed by atoms with Gasteiger partial charge in [0.1, 0.15) is 5.75 Å². The molecule has 4 aromatic carbocycles. The van der Waals surface area contributed by atoms with E-state index in [4.69, 9.17) is 3.97 Å². The lowest BCUT2D eigenvalue weighted by Crippen LogP contribution is -2.32. The topological polar surface area (TPSA) is 43.4 Å². The van der Waals surface area contributed by atoms with E-state index in [1.165, 1.54) is 0 Å². The molecule has 0 saturated carbocycles. The third-order valence-corrected chi connectivity index (χ3v) is 8.36. The molecule has 5 heteroatoms. The maximum atomic E-state index is 12.7. The van der Waals surface area contributed by atoms with Crippen molar-refractivity contribution in [3.05, 3.63) is 144 Å². The first-order chi connectivity index (χ1) is 15.6. The predicted molar refractivity (Wildman–Crippen MR) is 133 cm³/mol. The van der Waals surface area contributed by atoms with Crippen molar-refractivity contribution in [3.63, 3.8) is 0 Å². The number of benzene rings is 4. The van der Waals surface area contributed by atoms with Crippen molar-refractivity contribution in [2.24, 2.45) is 0 Å². The van der Waals surface area contributed by atoms with Gasteiger partial charge in [-0.05, 0) is 22.3 Å². The summed E-state index contributed by atoms with van der Waals surface area (Å²) in [7, 11) is -3.92. The summed E-state index contributed by atoms with van der Waals surface area (Å²) in [6, 6.07) is 39.8. The molecular formula is C27H25O3PS. The molecule has 0 heterocycles. The Morgan fingerprint density at radius 3 is 1.38 bits per heavy atom. The molecule has 0 fully saturated rings. The molecule has 1 atom stereocenters. The van der Waals surface area contributed by atoms with Crippen LogP contribution in [0.25, 0.3) is 0 Å². The molecule has 0 bridgehead atoms. The van der Waals surface area contributed by atoms with E-state index in [0.29, 0.717) is 6.16 Å². The van der Waals surface area contributed by atoms with Crippen LogP contribution in [0, 0.1) is 0 Å². The van der Waals surface area contributed by atoms with E-state index in [0.717, 1.165) is 22.3 Å². The Morgan fingerprint density at radius 2 is 0.969 bits per heavy atom. The molecule has 0 aliphatic heterocycles. The monoisotopic (exact) mass is 460 g/mol. The van der Waals surface area contributed by atoms with Crippen molar-refractivity contribution >= 4 is 18.9 Å². The molecule has 0 saturated heterocycles. The second-order valence-electron chi connectivity index (χ2n) is 7.60. The summed E-state index contributed by atoms with van der Waals surface area (Å²) in [4.78, 5) is 0. The van der Waals surface area contributed by atoms with Gasteiger partial charge in [-0.1, -0.05) is 121 Å². The van der Waals surface area contributed by atoms with Gasteiger partial charge >= 0.3 is 0 Å². The van der Waals surface area contributed by atoms with Crippen LogP contribution in [0.1, 0.15) is 22.3 Å². The first-order valence-corrected chi connectivity index (χ1v) is 13.1. The largest absolute Gasteiger partial charge is 0.274 e. The van der Waals surface area contributed by atoms with Crippen LogP contribution in [-0.4, -0.2) is 14.6 Å². The van der Waals surface area contributed by atoms with Gasteiger partial charge in [0.15, 0.2) is 0 Å². The van der Waals surface area contributed by atoms with Crippen LogP contribution < -0.4 is 0 Å². The molecule has 0 N–H and O–H groups in total. The Balaban J connectivity index is 1.68. The number of rotatable bonds is 9. The van der Waals surface area contributed by atoms with Crippen LogP contribution in [-0.2, 0) is 25.3 Å². The molecule has 0 aliphatic rings. The first-order valence-electron chi connectivity index (χ1n) is 10.4. The molecule has 0 spiro atoms. The summed E-state index contributed by atoms with van der Waals surface area (Å²) in [5.41, 5.74) is 3.51. The fourth-order valence-corrected chi connectivity index (χ4v) is 6.63. The van der Waals surface area contributed by atoms with E-state index in [1.807, 2.05) is 72.8 Å². The third kappa shape index (κ3) is 5.16. The van der Waals surface area contributed by atoms with Crippen LogP contribution in [0.2, 0.25) is 0 Å². The smallest absolute Gasteiger partial charge is 0.251 e. The quantitative estimate of drug-likeness (QED) is 0.222. The van der Waals surface area contributed by atoms with Crippen LogP contribution in [0.5, 0.6) is 0 Å². The zero-order valence-electron chi connectivity index (χ0n) is 17.6. The van der Waals surface area contributed by atoms with E-state index >= 15 is 0 Å². The molecule has 0 aromatic heterocycles. The van der Waals surface area contributed by atoms with Crippen LogP contribution in [0.4, 0.5) is 0 Å². The standard InChI is InChI=1S/C27H25O3PS/c28-32(29,21-23-13-5-1-6-14-23)30-31-22-27(24-15-7-2-8-16-24,25-17-9-3-10-18-25)26-19-11-4-12-20-26/h1-20,31H,21-22H2. The molecule has 162 valence electrons. The minimum absolute atomic E-state index is 0.129. The van der Waals surface area contributed by atoms with Gasteiger partial charge in [0.2, 0.25) is 0 Å². The SMILES string of the molecule is O=S(=O)(Cc1ccccc1)OPCC(c1ccccc1)(c1ccccc1)c1ccccc1. The van der Waals surface area contributed by atoms with Gasteiger partial charge in [-0.3, -0.25) is 3.97 Å². The summed E-state index contributed by atoms with van der Waals surface area (Å²) >= 11 is 0. The second kappa shape index (κ2) is 10.2. The minimum atomic E-state index is -3.69. The van der Waals surface area contributed by atoms with Crippen molar-refractivity contribution in [3.8, 4) is 0 Å². The van der Waals surface area contributed by atoms with Crippen molar-refractivity contribution in [1.82, 2.24) is 0 Å². The highest BCUT2D eigenvalue weighted by atomic mass is 32.2. The Morgan fingerprint density at radius 1 is 0.594 bits per heavy atom. The molecule has 4 rings (SSSR count). The lowest BCUT2D eigenvalue weighted by Gasteiger charge is -2.35. The molecule has 0 radical (unpaired) electrons. The molecular weight excluding hydrogens is 435 g/mol. The van der Waals surface area contributed by atoms with E-state index in [2.05, 4.69) is 36.4 Å². The second-order valence-corrected chi connectivity index (χ2v) is 10.3. The van der Waals surface area contributed by atoms with Crippen molar-refractivity contribution in [1.29, 1.82) is 0 Å². The molecule has 0 amide bonds. The first kappa shape index (κ1) is 22.4. The molecule has 1 unspecified atom stereocenters. The van der Waals surface area contributed by atoms with Gasteiger partial charge in [-0.2, -0.15) is 8.42 Å².